The predicted molar refractivity (Wildman–Crippen MR) is 190 cm³/mol. The molecule has 1 rings (SSSR count). The lowest BCUT2D eigenvalue weighted by Gasteiger charge is -2.31. The molecule has 0 aromatic carbocycles. The zero-order valence-corrected chi connectivity index (χ0v) is 31.6. The standard InChI is InChI=1S/C38H64N2O11/c1-5-6-7-8-9-11-14-17-20-27-38(36(48)49,28-21-18-15-12-10-13-16-19-22-32(43)44)35(47)39-29(34(46)50-37(2,3)4)23-26-33(45)51-40-30(41)24-25-31(40)42/h29H,5-28H2,1-4H3,(H,39,47)(H,43,44)(H,48,49)/t29-,38-/m0/s1. The van der Waals surface area contributed by atoms with E-state index < -0.39 is 65.1 Å². The number of esters is 1. The number of carbonyl (C=O) groups excluding carboxylic acids is 5. The topological polar surface area (TPSA) is 194 Å². The third-order valence-corrected chi connectivity index (χ3v) is 9.13. The first-order valence-corrected chi connectivity index (χ1v) is 19.2. The molecule has 0 bridgehead atoms. The normalized spacial score (nSPS) is 14.9. The van der Waals surface area contributed by atoms with Crippen molar-refractivity contribution in [1.29, 1.82) is 0 Å². The second-order valence-electron chi connectivity index (χ2n) is 14.8. The summed E-state index contributed by atoms with van der Waals surface area (Å²) in [5, 5.41) is 22.4. The fourth-order valence-corrected chi connectivity index (χ4v) is 6.15. The molecule has 0 aliphatic carbocycles. The number of nitrogens with zero attached hydrogens (tertiary/aromatic N) is 1. The number of nitrogens with one attached hydrogen (secondary N) is 1. The van der Waals surface area contributed by atoms with Gasteiger partial charge in [-0.2, -0.15) is 0 Å². The summed E-state index contributed by atoms with van der Waals surface area (Å²) in [5.41, 5.74) is -2.74. The number of amides is 3. The van der Waals surface area contributed by atoms with Gasteiger partial charge in [-0.1, -0.05) is 110 Å². The van der Waals surface area contributed by atoms with Gasteiger partial charge >= 0.3 is 23.9 Å². The van der Waals surface area contributed by atoms with Crippen LogP contribution in [-0.2, 0) is 43.1 Å². The average molecular weight is 725 g/mol. The van der Waals surface area contributed by atoms with Crippen LogP contribution in [0, 0.1) is 5.41 Å². The van der Waals surface area contributed by atoms with E-state index in [0.29, 0.717) is 30.7 Å². The van der Waals surface area contributed by atoms with E-state index in [1.807, 2.05) is 0 Å². The number of carboxylic acids is 2. The van der Waals surface area contributed by atoms with Gasteiger partial charge in [-0.05, 0) is 46.5 Å². The Balaban J connectivity index is 2.99. The van der Waals surface area contributed by atoms with Crippen molar-refractivity contribution >= 4 is 41.6 Å². The molecule has 0 spiro atoms. The third-order valence-electron chi connectivity index (χ3n) is 9.13. The maximum Gasteiger partial charge on any atom is 0.333 e. The van der Waals surface area contributed by atoms with Crippen LogP contribution in [0.2, 0.25) is 0 Å². The van der Waals surface area contributed by atoms with Crippen molar-refractivity contribution in [3.8, 4) is 0 Å². The lowest BCUT2D eigenvalue weighted by atomic mass is 9.76. The van der Waals surface area contributed by atoms with Crippen LogP contribution >= 0.6 is 0 Å². The predicted octanol–water partition coefficient (Wildman–Crippen LogP) is 7.18. The summed E-state index contributed by atoms with van der Waals surface area (Å²) in [4.78, 5) is 92.2. The average Bonchev–Trinajstić information content (AvgIpc) is 3.36. The van der Waals surface area contributed by atoms with Gasteiger partial charge in [0.1, 0.15) is 17.1 Å². The van der Waals surface area contributed by atoms with Gasteiger partial charge in [0.05, 0.1) is 6.42 Å². The lowest BCUT2D eigenvalue weighted by Crippen LogP contribution is -2.53. The molecule has 1 saturated heterocycles. The smallest absolute Gasteiger partial charge is 0.333 e. The van der Waals surface area contributed by atoms with Crippen molar-refractivity contribution in [2.24, 2.45) is 5.41 Å². The molecule has 1 aliphatic rings. The van der Waals surface area contributed by atoms with Crippen molar-refractivity contribution in [2.45, 2.75) is 193 Å². The summed E-state index contributed by atoms with van der Waals surface area (Å²) in [6.45, 7) is 7.10. The fraction of sp³-hybridized carbons (Fsp3) is 0.816. The van der Waals surface area contributed by atoms with Gasteiger partial charge in [-0.25, -0.2) is 9.59 Å². The largest absolute Gasteiger partial charge is 0.481 e. The number of ether oxygens (including phenoxy) is 1. The van der Waals surface area contributed by atoms with Crippen LogP contribution in [0.5, 0.6) is 0 Å². The zero-order chi connectivity index (χ0) is 38.3. The van der Waals surface area contributed by atoms with Crippen LogP contribution in [0.4, 0.5) is 0 Å². The zero-order valence-electron chi connectivity index (χ0n) is 31.6. The molecule has 0 radical (unpaired) electrons. The minimum atomic E-state index is -1.80. The molecule has 1 fully saturated rings. The molecule has 0 unspecified atom stereocenters. The summed E-state index contributed by atoms with van der Waals surface area (Å²) in [6, 6.07) is -1.38. The summed E-state index contributed by atoms with van der Waals surface area (Å²) in [5.74, 6) is -5.98. The van der Waals surface area contributed by atoms with Gasteiger partial charge < -0.3 is 25.1 Å². The van der Waals surface area contributed by atoms with Crippen LogP contribution in [0.25, 0.3) is 0 Å². The van der Waals surface area contributed by atoms with E-state index in [0.717, 1.165) is 57.8 Å². The highest BCUT2D eigenvalue weighted by Crippen LogP contribution is 2.34. The van der Waals surface area contributed by atoms with Gasteiger partial charge in [-0.15, -0.1) is 5.06 Å². The molecule has 3 amide bonds. The molecule has 0 saturated carbocycles. The molecule has 2 atom stereocenters. The number of imide groups is 1. The number of rotatable bonds is 29. The number of carboxylic acid groups (broad SMARTS) is 2. The highest BCUT2D eigenvalue weighted by Gasteiger charge is 2.46. The van der Waals surface area contributed by atoms with Crippen LogP contribution in [0.15, 0.2) is 0 Å². The third kappa shape index (κ3) is 19.1. The quantitative estimate of drug-likeness (QED) is 0.0306. The first-order chi connectivity index (χ1) is 24.1. The molecule has 51 heavy (non-hydrogen) atoms. The molecule has 0 aromatic rings. The summed E-state index contributed by atoms with van der Waals surface area (Å²) in [7, 11) is 0. The van der Waals surface area contributed by atoms with Crippen molar-refractivity contribution < 1.29 is 53.3 Å². The second kappa shape index (κ2) is 24.6. The first-order valence-electron chi connectivity index (χ1n) is 19.2. The Morgan fingerprint density at radius 1 is 0.706 bits per heavy atom. The Bertz CT molecular complexity index is 1120. The van der Waals surface area contributed by atoms with Crippen LogP contribution in [0.1, 0.15) is 182 Å². The molecule has 0 aromatic heterocycles. The van der Waals surface area contributed by atoms with Crippen molar-refractivity contribution in [2.75, 3.05) is 0 Å². The number of hydroxylamine groups is 2. The second-order valence-corrected chi connectivity index (χ2v) is 14.8. The van der Waals surface area contributed by atoms with Gasteiger partial charge in [-0.3, -0.25) is 24.0 Å². The van der Waals surface area contributed by atoms with E-state index in [9.17, 15) is 38.7 Å². The minimum Gasteiger partial charge on any atom is -0.481 e. The molecule has 13 heteroatoms. The molecule has 292 valence electrons. The van der Waals surface area contributed by atoms with Crippen LogP contribution in [-0.4, -0.2) is 68.5 Å². The van der Waals surface area contributed by atoms with E-state index in [2.05, 4.69) is 12.2 Å². The maximum atomic E-state index is 14.0. The Labute approximate surface area is 303 Å². The van der Waals surface area contributed by atoms with Crippen molar-refractivity contribution in [3.05, 3.63) is 0 Å². The number of hydrogen-bond donors (Lipinski definition) is 3. The monoisotopic (exact) mass is 724 g/mol. The van der Waals surface area contributed by atoms with E-state index in [-0.39, 0.29) is 38.5 Å². The van der Waals surface area contributed by atoms with Gasteiger partial charge in [0.25, 0.3) is 11.8 Å². The van der Waals surface area contributed by atoms with Gasteiger partial charge in [0.15, 0.2) is 0 Å². The van der Waals surface area contributed by atoms with E-state index in [1.54, 1.807) is 20.8 Å². The van der Waals surface area contributed by atoms with E-state index in [1.165, 1.54) is 25.7 Å². The summed E-state index contributed by atoms with van der Waals surface area (Å²) < 4.78 is 5.51. The fourth-order valence-electron chi connectivity index (χ4n) is 6.15. The Morgan fingerprint density at radius 2 is 1.16 bits per heavy atom. The SMILES string of the molecule is CCCCCCCCCCC[C@@](CCCCCCCCCCC(=O)O)(C(=O)O)C(=O)N[C@@H](CCC(=O)ON1C(=O)CCC1=O)C(=O)OC(C)(C)C. The van der Waals surface area contributed by atoms with Crippen molar-refractivity contribution in [3.63, 3.8) is 0 Å². The lowest BCUT2D eigenvalue weighted by molar-refractivity contribution is -0.197. The minimum absolute atomic E-state index is 0.0755. The molecular weight excluding hydrogens is 660 g/mol. The van der Waals surface area contributed by atoms with Crippen LogP contribution in [0.3, 0.4) is 0 Å². The number of unbranched alkanes of at least 4 members (excludes halogenated alkanes) is 15. The highest BCUT2D eigenvalue weighted by molar-refractivity contribution is 6.03. The first kappa shape index (κ1) is 45.5. The van der Waals surface area contributed by atoms with E-state index in [4.69, 9.17) is 14.7 Å². The van der Waals surface area contributed by atoms with Crippen LogP contribution < -0.4 is 5.32 Å². The van der Waals surface area contributed by atoms with Crippen molar-refractivity contribution in [1.82, 2.24) is 10.4 Å². The number of carbonyl (C=O) groups is 7. The Morgan fingerprint density at radius 3 is 1.59 bits per heavy atom. The maximum absolute atomic E-state index is 14.0. The van der Waals surface area contributed by atoms with Gasteiger partial charge in [0, 0.05) is 19.3 Å². The molecular formula is C38H64N2O11. The highest BCUT2D eigenvalue weighted by atomic mass is 16.7. The van der Waals surface area contributed by atoms with Gasteiger partial charge in [0.2, 0.25) is 5.91 Å². The molecule has 13 nitrogen and oxygen atoms in total. The number of hydrogen-bond acceptors (Lipinski definition) is 9. The molecule has 1 heterocycles. The summed E-state index contributed by atoms with van der Waals surface area (Å²) in [6.07, 6.45) is 14.9. The molecule has 3 N–H and O–H groups in total. The van der Waals surface area contributed by atoms with E-state index >= 15 is 0 Å². The molecule has 1 aliphatic heterocycles. The Hall–Kier alpha value is -3.51. The number of aliphatic carboxylic acids is 2. The summed E-state index contributed by atoms with van der Waals surface area (Å²) >= 11 is 0. The Kier molecular flexibility index (Phi) is 22.0.